The third kappa shape index (κ3) is 4.03. The summed E-state index contributed by atoms with van der Waals surface area (Å²) in [4.78, 5) is 2.04. The highest BCUT2D eigenvalue weighted by molar-refractivity contribution is 7.89. The van der Waals surface area contributed by atoms with E-state index < -0.39 is 16.6 Å². The van der Waals surface area contributed by atoms with Crippen LogP contribution in [-0.2, 0) is 16.6 Å². The summed E-state index contributed by atoms with van der Waals surface area (Å²) in [5, 5.41) is 3.70. The Labute approximate surface area is 163 Å². The standard InChI is InChI=1S/C18H24F2N4O3S/c1-13-17(14(2)24(21-13)18(19)20)28(25,26)23-9-7-22(8-10-23)12-15-5-4-6-16(11-15)27-3/h4-6,11,18H,7-10,12H2,1-3H3. The third-order valence-corrected chi connectivity index (χ3v) is 7.06. The number of halogens is 2. The van der Waals surface area contributed by atoms with Gasteiger partial charge in [0, 0.05) is 32.7 Å². The van der Waals surface area contributed by atoms with Crippen LogP contribution in [0.4, 0.5) is 8.78 Å². The summed E-state index contributed by atoms with van der Waals surface area (Å²) in [6.45, 7) is 2.32. The second-order valence-electron chi connectivity index (χ2n) is 6.75. The number of hydrogen-bond donors (Lipinski definition) is 0. The first-order valence-electron chi connectivity index (χ1n) is 8.93. The maximum absolute atomic E-state index is 13.0. The van der Waals surface area contributed by atoms with Crippen molar-refractivity contribution < 1.29 is 21.9 Å². The number of aryl methyl sites for hydroxylation is 1. The molecule has 2 aromatic rings. The van der Waals surface area contributed by atoms with Crippen molar-refractivity contribution in [2.45, 2.75) is 31.8 Å². The lowest BCUT2D eigenvalue weighted by atomic mass is 10.2. The van der Waals surface area contributed by atoms with E-state index in [1.165, 1.54) is 18.2 Å². The number of sulfonamides is 1. The Morgan fingerprint density at radius 2 is 1.86 bits per heavy atom. The molecule has 2 heterocycles. The average molecular weight is 414 g/mol. The van der Waals surface area contributed by atoms with Crippen molar-refractivity contribution >= 4 is 10.0 Å². The van der Waals surface area contributed by atoms with Crippen molar-refractivity contribution in [3.8, 4) is 5.75 Å². The van der Waals surface area contributed by atoms with E-state index in [-0.39, 0.29) is 16.3 Å². The van der Waals surface area contributed by atoms with Crippen LogP contribution in [0.2, 0.25) is 0 Å². The second kappa shape index (κ2) is 8.14. The molecule has 0 saturated carbocycles. The van der Waals surface area contributed by atoms with E-state index in [9.17, 15) is 17.2 Å². The van der Waals surface area contributed by atoms with E-state index in [4.69, 9.17) is 4.74 Å². The molecule has 1 aliphatic heterocycles. The first kappa shape index (κ1) is 20.7. The van der Waals surface area contributed by atoms with Gasteiger partial charge in [0.1, 0.15) is 10.6 Å². The van der Waals surface area contributed by atoms with Gasteiger partial charge >= 0.3 is 6.55 Å². The van der Waals surface area contributed by atoms with Crippen molar-refractivity contribution in [1.82, 2.24) is 19.0 Å². The van der Waals surface area contributed by atoms with Crippen molar-refractivity contribution in [2.24, 2.45) is 0 Å². The summed E-state index contributed by atoms with van der Waals surface area (Å²) in [7, 11) is -2.26. The fourth-order valence-electron chi connectivity index (χ4n) is 3.50. The molecule has 7 nitrogen and oxygen atoms in total. The van der Waals surface area contributed by atoms with E-state index in [2.05, 4.69) is 10.00 Å². The second-order valence-corrected chi connectivity index (χ2v) is 8.63. The molecule has 0 bridgehead atoms. The Bertz CT molecular complexity index is 938. The van der Waals surface area contributed by atoms with Gasteiger partial charge in [-0.05, 0) is 31.5 Å². The van der Waals surface area contributed by atoms with Crippen LogP contribution in [0.15, 0.2) is 29.2 Å². The van der Waals surface area contributed by atoms with Gasteiger partial charge < -0.3 is 4.74 Å². The molecule has 0 amide bonds. The molecule has 1 aromatic heterocycles. The number of aromatic nitrogens is 2. The molecule has 10 heteroatoms. The van der Waals surface area contributed by atoms with Crippen LogP contribution in [-0.4, -0.2) is 60.7 Å². The SMILES string of the molecule is COc1cccc(CN2CCN(S(=O)(=O)c3c(C)nn(C(F)F)c3C)CC2)c1. The average Bonchev–Trinajstić information content (AvgIpc) is 2.97. The van der Waals surface area contributed by atoms with Crippen LogP contribution in [0.5, 0.6) is 5.75 Å². The molecule has 28 heavy (non-hydrogen) atoms. The summed E-state index contributed by atoms with van der Waals surface area (Å²) in [5.41, 5.74) is 1.14. The molecule has 154 valence electrons. The summed E-state index contributed by atoms with van der Waals surface area (Å²) in [6.07, 6.45) is 0. The Kier molecular flexibility index (Phi) is 6.01. The number of rotatable bonds is 6. The number of benzene rings is 1. The molecular formula is C18H24F2N4O3S. The number of alkyl halides is 2. The van der Waals surface area contributed by atoms with Crippen LogP contribution in [0.1, 0.15) is 23.5 Å². The zero-order valence-corrected chi connectivity index (χ0v) is 16.9. The summed E-state index contributed by atoms with van der Waals surface area (Å²) >= 11 is 0. The highest BCUT2D eigenvalue weighted by Gasteiger charge is 2.34. The predicted octanol–water partition coefficient (Wildman–Crippen LogP) is 2.41. The van der Waals surface area contributed by atoms with Crippen LogP contribution < -0.4 is 4.74 Å². The van der Waals surface area contributed by atoms with E-state index in [1.54, 1.807) is 7.11 Å². The lowest BCUT2D eigenvalue weighted by Gasteiger charge is -2.34. The molecule has 0 spiro atoms. The van der Waals surface area contributed by atoms with Gasteiger partial charge in [0.05, 0.1) is 18.5 Å². The Morgan fingerprint density at radius 1 is 1.18 bits per heavy atom. The highest BCUT2D eigenvalue weighted by atomic mass is 32.2. The molecule has 3 rings (SSSR count). The van der Waals surface area contributed by atoms with Gasteiger partial charge in [0.25, 0.3) is 0 Å². The topological polar surface area (TPSA) is 67.7 Å². The molecule has 0 N–H and O–H groups in total. The van der Waals surface area contributed by atoms with Crippen LogP contribution in [0.25, 0.3) is 0 Å². The molecule has 0 radical (unpaired) electrons. The zero-order chi connectivity index (χ0) is 20.5. The van der Waals surface area contributed by atoms with Gasteiger partial charge in [-0.2, -0.15) is 18.2 Å². The van der Waals surface area contributed by atoms with Crippen LogP contribution in [0.3, 0.4) is 0 Å². The zero-order valence-electron chi connectivity index (χ0n) is 16.1. The van der Waals surface area contributed by atoms with E-state index in [0.717, 1.165) is 11.3 Å². The first-order valence-corrected chi connectivity index (χ1v) is 10.4. The van der Waals surface area contributed by atoms with Gasteiger partial charge in [-0.25, -0.2) is 13.1 Å². The maximum atomic E-state index is 13.0. The lowest BCUT2D eigenvalue weighted by molar-refractivity contribution is 0.0538. The molecule has 1 aromatic carbocycles. The highest BCUT2D eigenvalue weighted by Crippen LogP contribution is 2.27. The Morgan fingerprint density at radius 3 is 2.43 bits per heavy atom. The molecule has 1 fully saturated rings. The molecule has 1 saturated heterocycles. The van der Waals surface area contributed by atoms with Crippen molar-refractivity contribution in [2.75, 3.05) is 33.3 Å². The smallest absolute Gasteiger partial charge is 0.333 e. The Balaban J connectivity index is 1.70. The van der Waals surface area contributed by atoms with Gasteiger partial charge in [-0.1, -0.05) is 12.1 Å². The molecule has 0 unspecified atom stereocenters. The van der Waals surface area contributed by atoms with Crippen molar-refractivity contribution in [1.29, 1.82) is 0 Å². The van der Waals surface area contributed by atoms with E-state index >= 15 is 0 Å². The molecule has 0 atom stereocenters. The minimum atomic E-state index is -3.87. The van der Waals surface area contributed by atoms with Gasteiger partial charge in [-0.15, -0.1) is 0 Å². The quantitative estimate of drug-likeness (QED) is 0.726. The molecule has 0 aliphatic carbocycles. The fraction of sp³-hybridized carbons (Fsp3) is 0.500. The largest absolute Gasteiger partial charge is 0.497 e. The lowest BCUT2D eigenvalue weighted by Crippen LogP contribution is -2.48. The number of methoxy groups -OCH3 is 1. The normalized spacial score (nSPS) is 16.6. The monoisotopic (exact) mass is 414 g/mol. The fourth-order valence-corrected chi connectivity index (χ4v) is 5.28. The molecule has 1 aliphatic rings. The summed E-state index contributed by atoms with van der Waals surface area (Å²) < 4.78 is 59.1. The number of ether oxygens (including phenoxy) is 1. The van der Waals surface area contributed by atoms with Crippen molar-refractivity contribution in [3.63, 3.8) is 0 Å². The number of nitrogens with zero attached hydrogens (tertiary/aromatic N) is 4. The predicted molar refractivity (Wildman–Crippen MR) is 100.0 cm³/mol. The third-order valence-electron chi connectivity index (χ3n) is 4.91. The Hall–Kier alpha value is -2.04. The van der Waals surface area contributed by atoms with Gasteiger partial charge in [-0.3, -0.25) is 4.90 Å². The van der Waals surface area contributed by atoms with E-state index in [0.29, 0.717) is 37.4 Å². The maximum Gasteiger partial charge on any atom is 0.333 e. The van der Waals surface area contributed by atoms with Crippen molar-refractivity contribution in [3.05, 3.63) is 41.2 Å². The number of hydrogen-bond acceptors (Lipinski definition) is 5. The number of piperazine rings is 1. The minimum absolute atomic E-state index is 0.0358. The summed E-state index contributed by atoms with van der Waals surface area (Å²) in [6, 6.07) is 7.74. The summed E-state index contributed by atoms with van der Waals surface area (Å²) in [5.74, 6) is 0.778. The van der Waals surface area contributed by atoms with E-state index in [1.807, 2.05) is 24.3 Å². The van der Waals surface area contributed by atoms with Crippen LogP contribution >= 0.6 is 0 Å². The van der Waals surface area contributed by atoms with Gasteiger partial charge in [0.2, 0.25) is 10.0 Å². The van der Waals surface area contributed by atoms with Crippen LogP contribution in [0, 0.1) is 13.8 Å². The van der Waals surface area contributed by atoms with Gasteiger partial charge in [0.15, 0.2) is 0 Å². The first-order chi connectivity index (χ1) is 13.2. The molecular weight excluding hydrogens is 390 g/mol. The minimum Gasteiger partial charge on any atom is -0.497 e.